The first kappa shape index (κ1) is 11.4. The minimum absolute atomic E-state index is 0.279. The van der Waals surface area contributed by atoms with Gasteiger partial charge in [-0.2, -0.15) is 0 Å². The van der Waals surface area contributed by atoms with Gasteiger partial charge in [0.25, 0.3) is 0 Å². The van der Waals surface area contributed by atoms with Gasteiger partial charge in [0.2, 0.25) is 0 Å². The molecule has 0 saturated heterocycles. The summed E-state index contributed by atoms with van der Waals surface area (Å²) >= 11 is 0. The molecule has 2 atom stereocenters. The summed E-state index contributed by atoms with van der Waals surface area (Å²) in [6.45, 7) is 4.60. The Kier molecular flexibility index (Phi) is 3.39. The molecular weight excluding hydrogens is 184 g/mol. The number of aliphatic hydroxyl groups is 1. The van der Waals surface area contributed by atoms with Crippen molar-refractivity contribution >= 4 is 0 Å². The zero-order valence-electron chi connectivity index (χ0n) is 10.3. The van der Waals surface area contributed by atoms with Crippen molar-refractivity contribution in [3.8, 4) is 0 Å². The third-order valence-corrected chi connectivity index (χ3v) is 4.09. The first-order valence-corrected chi connectivity index (χ1v) is 6.80. The highest BCUT2D eigenvalue weighted by atomic mass is 16.3. The lowest BCUT2D eigenvalue weighted by atomic mass is 9.73. The third-order valence-electron chi connectivity index (χ3n) is 4.09. The Morgan fingerprint density at radius 2 is 1.93 bits per heavy atom. The molecule has 1 heteroatoms. The van der Waals surface area contributed by atoms with Crippen molar-refractivity contribution < 1.29 is 5.11 Å². The van der Waals surface area contributed by atoms with Crippen molar-refractivity contribution in [3.63, 3.8) is 0 Å². The van der Waals surface area contributed by atoms with E-state index in [9.17, 15) is 5.11 Å². The summed E-state index contributed by atoms with van der Waals surface area (Å²) < 4.78 is 0. The Hall–Kier alpha value is -0.0400. The van der Waals surface area contributed by atoms with Gasteiger partial charge in [0.05, 0.1) is 5.60 Å². The Labute approximate surface area is 94.3 Å². The molecule has 2 rings (SSSR count). The second-order valence-electron chi connectivity index (χ2n) is 6.46. The van der Waals surface area contributed by atoms with Gasteiger partial charge in [0.15, 0.2) is 0 Å². The molecular formula is C14H26O. The molecule has 1 N–H and O–H groups in total. The molecule has 0 bridgehead atoms. The van der Waals surface area contributed by atoms with E-state index in [0.29, 0.717) is 0 Å². The van der Waals surface area contributed by atoms with Crippen molar-refractivity contribution in [2.75, 3.05) is 0 Å². The van der Waals surface area contributed by atoms with E-state index in [1.165, 1.54) is 32.1 Å². The summed E-state index contributed by atoms with van der Waals surface area (Å²) in [6, 6.07) is 0. The Balaban J connectivity index is 1.84. The van der Waals surface area contributed by atoms with Crippen LogP contribution in [0, 0.1) is 17.8 Å². The van der Waals surface area contributed by atoms with Gasteiger partial charge in [-0.3, -0.25) is 0 Å². The van der Waals surface area contributed by atoms with Crippen LogP contribution in [0.3, 0.4) is 0 Å². The lowest BCUT2D eigenvalue weighted by Gasteiger charge is -2.37. The van der Waals surface area contributed by atoms with Gasteiger partial charge in [0.1, 0.15) is 0 Å². The molecule has 2 saturated carbocycles. The molecule has 88 valence electrons. The van der Waals surface area contributed by atoms with E-state index < -0.39 is 0 Å². The summed E-state index contributed by atoms with van der Waals surface area (Å²) in [7, 11) is 0. The summed E-state index contributed by atoms with van der Waals surface area (Å²) in [5.74, 6) is 2.45. The maximum absolute atomic E-state index is 10.6. The van der Waals surface area contributed by atoms with Crippen LogP contribution in [-0.4, -0.2) is 10.7 Å². The highest BCUT2D eigenvalue weighted by Gasteiger charge is 2.38. The Morgan fingerprint density at radius 1 is 1.20 bits per heavy atom. The highest BCUT2D eigenvalue weighted by Crippen LogP contribution is 2.44. The van der Waals surface area contributed by atoms with E-state index in [1.807, 2.05) is 0 Å². The van der Waals surface area contributed by atoms with Crippen molar-refractivity contribution in [3.05, 3.63) is 0 Å². The largest absolute Gasteiger partial charge is 0.390 e. The monoisotopic (exact) mass is 210 g/mol. The highest BCUT2D eigenvalue weighted by molar-refractivity contribution is 4.91. The smallest absolute Gasteiger partial charge is 0.0653 e. The zero-order chi connectivity index (χ0) is 10.9. The van der Waals surface area contributed by atoms with Crippen LogP contribution in [0.15, 0.2) is 0 Å². The summed E-state index contributed by atoms with van der Waals surface area (Å²) in [6.07, 6.45) is 9.91. The molecule has 2 fully saturated rings. The lowest BCUT2D eigenvalue weighted by molar-refractivity contribution is -0.0305. The second kappa shape index (κ2) is 4.45. The Bertz CT molecular complexity index is 207. The van der Waals surface area contributed by atoms with Crippen LogP contribution in [0.25, 0.3) is 0 Å². The van der Waals surface area contributed by atoms with Gasteiger partial charge in [-0.25, -0.2) is 0 Å². The van der Waals surface area contributed by atoms with Crippen molar-refractivity contribution in [1.29, 1.82) is 0 Å². The fourth-order valence-corrected chi connectivity index (χ4v) is 3.37. The van der Waals surface area contributed by atoms with Gasteiger partial charge in [0, 0.05) is 0 Å². The van der Waals surface area contributed by atoms with Gasteiger partial charge in [-0.1, -0.05) is 39.5 Å². The molecule has 0 amide bonds. The predicted octanol–water partition coefficient (Wildman–Crippen LogP) is 3.75. The van der Waals surface area contributed by atoms with Crippen LogP contribution in [-0.2, 0) is 0 Å². The fraction of sp³-hybridized carbons (Fsp3) is 1.00. The fourth-order valence-electron chi connectivity index (χ4n) is 3.37. The minimum Gasteiger partial charge on any atom is -0.390 e. The van der Waals surface area contributed by atoms with Crippen LogP contribution in [0.2, 0.25) is 0 Å². The van der Waals surface area contributed by atoms with E-state index in [4.69, 9.17) is 0 Å². The molecule has 0 heterocycles. The first-order valence-electron chi connectivity index (χ1n) is 6.80. The molecule has 2 aliphatic carbocycles. The quantitative estimate of drug-likeness (QED) is 0.749. The van der Waals surface area contributed by atoms with Gasteiger partial charge in [-0.05, 0) is 43.4 Å². The first-order chi connectivity index (χ1) is 7.07. The summed E-state index contributed by atoms with van der Waals surface area (Å²) in [5, 5.41) is 10.6. The SMILES string of the molecule is CC(C)CC1CCCC(O)(CC2CC2)C1. The van der Waals surface area contributed by atoms with Crippen LogP contribution in [0.1, 0.15) is 65.2 Å². The summed E-state index contributed by atoms with van der Waals surface area (Å²) in [5.41, 5.74) is -0.279. The van der Waals surface area contributed by atoms with Gasteiger partial charge in [-0.15, -0.1) is 0 Å². The van der Waals surface area contributed by atoms with Gasteiger partial charge < -0.3 is 5.11 Å². The minimum atomic E-state index is -0.279. The topological polar surface area (TPSA) is 20.2 Å². The Morgan fingerprint density at radius 3 is 2.53 bits per heavy atom. The molecule has 0 aromatic heterocycles. The number of hydrogen-bond acceptors (Lipinski definition) is 1. The maximum Gasteiger partial charge on any atom is 0.0653 e. The molecule has 2 unspecified atom stereocenters. The summed E-state index contributed by atoms with van der Waals surface area (Å²) in [4.78, 5) is 0. The normalized spacial score (nSPS) is 37.2. The van der Waals surface area contributed by atoms with Crippen LogP contribution in [0.5, 0.6) is 0 Å². The number of hydrogen-bond donors (Lipinski definition) is 1. The van der Waals surface area contributed by atoms with E-state index >= 15 is 0 Å². The van der Waals surface area contributed by atoms with Crippen LogP contribution in [0.4, 0.5) is 0 Å². The lowest BCUT2D eigenvalue weighted by Crippen LogP contribution is -2.36. The van der Waals surface area contributed by atoms with Crippen LogP contribution >= 0.6 is 0 Å². The molecule has 0 aliphatic heterocycles. The molecule has 0 spiro atoms. The molecule has 15 heavy (non-hydrogen) atoms. The van der Waals surface area contributed by atoms with E-state index in [2.05, 4.69) is 13.8 Å². The van der Waals surface area contributed by atoms with E-state index in [-0.39, 0.29) is 5.60 Å². The standard InChI is InChI=1S/C14H26O/c1-11(2)8-13-4-3-7-14(15,10-13)9-12-5-6-12/h11-13,15H,3-10H2,1-2H3. The molecule has 0 aromatic rings. The predicted molar refractivity (Wildman–Crippen MR) is 63.7 cm³/mol. The van der Waals surface area contributed by atoms with Crippen LogP contribution < -0.4 is 0 Å². The zero-order valence-corrected chi connectivity index (χ0v) is 10.3. The second-order valence-corrected chi connectivity index (χ2v) is 6.46. The van der Waals surface area contributed by atoms with Gasteiger partial charge >= 0.3 is 0 Å². The average Bonchev–Trinajstić information content (AvgIpc) is 2.85. The molecule has 0 radical (unpaired) electrons. The molecule has 0 aromatic carbocycles. The molecule has 2 aliphatic rings. The van der Waals surface area contributed by atoms with Crippen molar-refractivity contribution in [2.24, 2.45) is 17.8 Å². The third kappa shape index (κ3) is 3.48. The average molecular weight is 210 g/mol. The van der Waals surface area contributed by atoms with Crippen molar-refractivity contribution in [1.82, 2.24) is 0 Å². The van der Waals surface area contributed by atoms with E-state index in [1.54, 1.807) is 0 Å². The maximum atomic E-state index is 10.6. The molecule has 1 nitrogen and oxygen atoms in total. The van der Waals surface area contributed by atoms with E-state index in [0.717, 1.165) is 37.0 Å². The number of rotatable bonds is 4. The van der Waals surface area contributed by atoms with Crippen molar-refractivity contribution in [2.45, 2.75) is 70.8 Å².